The van der Waals surface area contributed by atoms with Crippen LogP contribution in [0.4, 0.5) is 0 Å². The third kappa shape index (κ3) is 7.70. The number of hydrogen-bond donors (Lipinski definition) is 2. The van der Waals surface area contributed by atoms with E-state index in [1.807, 2.05) is 67.6 Å². The predicted octanol–water partition coefficient (Wildman–Crippen LogP) is 6.08. The topological polar surface area (TPSA) is 106 Å². The summed E-state index contributed by atoms with van der Waals surface area (Å²) >= 11 is 7.28. The van der Waals surface area contributed by atoms with Gasteiger partial charge < -0.3 is 9.84 Å². The Morgan fingerprint density at radius 1 is 1.05 bits per heavy atom. The van der Waals surface area contributed by atoms with E-state index in [0.29, 0.717) is 10.8 Å². The third-order valence-electron chi connectivity index (χ3n) is 5.71. The lowest BCUT2D eigenvalue weighted by molar-refractivity contribution is -0.136. The lowest BCUT2D eigenvalue weighted by Crippen LogP contribution is -2.28. The largest absolute Gasteiger partial charge is 0.487 e. The average molecular weight is 571 g/mol. The monoisotopic (exact) mass is 570 g/mol. The summed E-state index contributed by atoms with van der Waals surface area (Å²) in [6.07, 6.45) is -0.0467. The number of carboxylic acid groups (broad SMARTS) is 1. The summed E-state index contributed by atoms with van der Waals surface area (Å²) in [7, 11) is -3.79. The first-order valence-corrected chi connectivity index (χ1v) is 14.7. The van der Waals surface area contributed by atoms with Gasteiger partial charge >= 0.3 is 5.97 Å². The molecule has 2 atom stereocenters. The molecule has 4 rings (SSSR count). The first-order valence-electron chi connectivity index (χ1n) is 11.9. The number of fused-ring (bicyclic) bond motifs is 1. The number of nitrogens with one attached hydrogen (secondary N) is 1. The van der Waals surface area contributed by atoms with Crippen molar-refractivity contribution in [3.05, 3.63) is 101 Å². The van der Waals surface area contributed by atoms with E-state index in [0.717, 1.165) is 22.2 Å². The highest BCUT2D eigenvalue weighted by Gasteiger charge is 2.22. The van der Waals surface area contributed by atoms with Crippen molar-refractivity contribution in [3.8, 4) is 5.75 Å². The number of carbonyl (C=O) groups is 1. The zero-order valence-electron chi connectivity index (χ0n) is 20.6. The fourth-order valence-electron chi connectivity index (χ4n) is 3.85. The van der Waals surface area contributed by atoms with E-state index in [1.54, 1.807) is 0 Å². The predicted molar refractivity (Wildman–Crippen MR) is 151 cm³/mol. The van der Waals surface area contributed by atoms with Gasteiger partial charge in [-0.15, -0.1) is 11.8 Å². The molecule has 198 valence electrons. The van der Waals surface area contributed by atoms with Gasteiger partial charge in [-0.1, -0.05) is 54.9 Å². The number of aromatic nitrogens is 1. The Bertz CT molecular complexity index is 1510. The summed E-state index contributed by atoms with van der Waals surface area (Å²) in [5.74, 6) is -0.306. The Kier molecular flexibility index (Phi) is 9.27. The minimum atomic E-state index is -3.79. The first-order chi connectivity index (χ1) is 18.2. The van der Waals surface area contributed by atoms with Crippen LogP contribution in [0.5, 0.6) is 5.75 Å². The standard InChI is InChI=1S/C28H27ClN2O5S2/c1-19(15-28(32)33)37-27(17-30-38(34,35)25-13-10-22(29)11-14-25)21-6-4-7-24(16-21)36-18-23-12-9-20-5-2-3-8-26(20)31-23/h2-14,16,19,27,30H,15,17-18H2,1H3,(H,32,33). The van der Waals surface area contributed by atoms with Gasteiger partial charge in [0.15, 0.2) is 0 Å². The molecule has 3 aromatic carbocycles. The van der Waals surface area contributed by atoms with Gasteiger partial charge in [0.05, 0.1) is 22.5 Å². The minimum absolute atomic E-state index is 0.0467. The molecule has 0 radical (unpaired) electrons. The van der Waals surface area contributed by atoms with Crippen LogP contribution >= 0.6 is 23.4 Å². The van der Waals surface area contributed by atoms with Crippen molar-refractivity contribution in [2.24, 2.45) is 0 Å². The van der Waals surface area contributed by atoms with E-state index in [2.05, 4.69) is 9.71 Å². The fourth-order valence-corrected chi connectivity index (χ4v) is 6.41. The van der Waals surface area contributed by atoms with E-state index in [1.165, 1.54) is 36.0 Å². The van der Waals surface area contributed by atoms with Gasteiger partial charge in [-0.05, 0) is 54.1 Å². The second kappa shape index (κ2) is 12.6. The number of ether oxygens (including phenoxy) is 1. The SMILES string of the molecule is CC(CC(=O)O)SC(CNS(=O)(=O)c1ccc(Cl)cc1)c1cccc(OCc2ccc3ccccc3n2)c1. The summed E-state index contributed by atoms with van der Waals surface area (Å²) in [5.41, 5.74) is 2.49. The van der Waals surface area contributed by atoms with Crippen LogP contribution in [0.15, 0.2) is 89.8 Å². The lowest BCUT2D eigenvalue weighted by atomic mass is 10.1. The molecule has 10 heteroatoms. The molecule has 0 aliphatic heterocycles. The van der Waals surface area contributed by atoms with Gasteiger partial charge in [0.2, 0.25) is 10.0 Å². The number of hydrogen-bond acceptors (Lipinski definition) is 6. The van der Waals surface area contributed by atoms with Crippen molar-refractivity contribution < 1.29 is 23.1 Å². The van der Waals surface area contributed by atoms with Crippen molar-refractivity contribution in [3.63, 3.8) is 0 Å². The molecule has 4 aromatic rings. The molecule has 2 N–H and O–H groups in total. The molecule has 0 saturated heterocycles. The van der Waals surface area contributed by atoms with Gasteiger partial charge in [-0.25, -0.2) is 18.1 Å². The van der Waals surface area contributed by atoms with Gasteiger partial charge in [0.1, 0.15) is 12.4 Å². The zero-order valence-corrected chi connectivity index (χ0v) is 23.0. The smallest absolute Gasteiger partial charge is 0.304 e. The number of rotatable bonds is 12. The van der Waals surface area contributed by atoms with Crippen molar-refractivity contribution >= 4 is 50.3 Å². The highest BCUT2D eigenvalue weighted by molar-refractivity contribution is 8.00. The van der Waals surface area contributed by atoms with Crippen molar-refractivity contribution in [2.75, 3.05) is 6.54 Å². The third-order valence-corrected chi connectivity index (χ3v) is 8.80. The van der Waals surface area contributed by atoms with Crippen LogP contribution < -0.4 is 9.46 Å². The molecule has 0 fully saturated rings. The maximum Gasteiger partial charge on any atom is 0.304 e. The molecule has 0 aliphatic rings. The number of nitrogens with zero attached hydrogens (tertiary/aromatic N) is 1. The van der Waals surface area contributed by atoms with Gasteiger partial charge in [0.25, 0.3) is 0 Å². The van der Waals surface area contributed by atoms with E-state index >= 15 is 0 Å². The summed E-state index contributed by atoms with van der Waals surface area (Å²) in [4.78, 5) is 16.0. The Morgan fingerprint density at radius 2 is 1.82 bits per heavy atom. The second-order valence-corrected chi connectivity index (χ2v) is 12.5. The molecule has 0 spiro atoms. The summed E-state index contributed by atoms with van der Waals surface area (Å²) < 4.78 is 34.4. The number of pyridine rings is 1. The molecule has 0 amide bonds. The Morgan fingerprint density at radius 3 is 2.58 bits per heavy atom. The number of sulfonamides is 1. The van der Waals surface area contributed by atoms with Crippen LogP contribution in [0.3, 0.4) is 0 Å². The van der Waals surface area contributed by atoms with E-state index in [9.17, 15) is 18.3 Å². The first kappa shape index (κ1) is 27.9. The average Bonchev–Trinajstić information content (AvgIpc) is 2.90. The van der Waals surface area contributed by atoms with Crippen LogP contribution in [0.1, 0.15) is 29.9 Å². The molecule has 7 nitrogen and oxygen atoms in total. The van der Waals surface area contributed by atoms with Crippen molar-refractivity contribution in [1.82, 2.24) is 9.71 Å². The Balaban J connectivity index is 1.50. The summed E-state index contributed by atoms with van der Waals surface area (Å²) in [6.45, 7) is 2.14. The number of carboxylic acids is 1. The van der Waals surface area contributed by atoms with E-state index in [4.69, 9.17) is 16.3 Å². The van der Waals surface area contributed by atoms with Crippen LogP contribution in [0.25, 0.3) is 10.9 Å². The van der Waals surface area contributed by atoms with Crippen LogP contribution in [0.2, 0.25) is 5.02 Å². The molecular formula is C28H27ClN2O5S2. The Hall–Kier alpha value is -3.11. The summed E-state index contributed by atoms with van der Waals surface area (Å²) in [6, 6.07) is 25.1. The molecule has 0 aliphatic carbocycles. The number of para-hydroxylation sites is 1. The highest BCUT2D eigenvalue weighted by Crippen LogP contribution is 2.35. The maximum atomic E-state index is 12.9. The highest BCUT2D eigenvalue weighted by atomic mass is 35.5. The number of halogens is 1. The molecule has 1 aromatic heterocycles. The maximum absolute atomic E-state index is 12.9. The zero-order chi connectivity index (χ0) is 27.1. The van der Waals surface area contributed by atoms with E-state index < -0.39 is 16.0 Å². The molecule has 0 saturated carbocycles. The molecule has 1 heterocycles. The van der Waals surface area contributed by atoms with Crippen LogP contribution in [-0.2, 0) is 21.4 Å². The van der Waals surface area contributed by atoms with Crippen molar-refractivity contribution in [2.45, 2.75) is 35.3 Å². The van der Waals surface area contributed by atoms with Crippen molar-refractivity contribution in [1.29, 1.82) is 0 Å². The number of benzene rings is 3. The van der Waals surface area contributed by atoms with Gasteiger partial charge in [-0.3, -0.25) is 4.79 Å². The van der Waals surface area contributed by atoms with Crippen LogP contribution in [0, 0.1) is 0 Å². The number of thioether (sulfide) groups is 1. The van der Waals surface area contributed by atoms with E-state index in [-0.39, 0.29) is 35.0 Å². The quantitative estimate of drug-likeness (QED) is 0.212. The fraction of sp³-hybridized carbons (Fsp3) is 0.214. The van der Waals surface area contributed by atoms with Crippen LogP contribution in [-0.4, -0.2) is 36.3 Å². The minimum Gasteiger partial charge on any atom is -0.487 e. The molecular weight excluding hydrogens is 544 g/mol. The lowest BCUT2D eigenvalue weighted by Gasteiger charge is -2.22. The van der Waals surface area contributed by atoms with Gasteiger partial charge in [0, 0.05) is 27.5 Å². The second-order valence-electron chi connectivity index (χ2n) is 8.70. The molecule has 0 bridgehead atoms. The molecule has 38 heavy (non-hydrogen) atoms. The molecule has 2 unspecified atom stereocenters. The Labute approximate surface area is 231 Å². The number of aliphatic carboxylic acids is 1. The normalized spacial score (nSPS) is 13.2. The van der Waals surface area contributed by atoms with Gasteiger partial charge in [-0.2, -0.15) is 0 Å². The summed E-state index contributed by atoms with van der Waals surface area (Å²) in [5, 5.41) is 10.1.